The van der Waals surface area contributed by atoms with Crippen LogP contribution in [0.25, 0.3) is 0 Å². The van der Waals surface area contributed by atoms with E-state index in [0.29, 0.717) is 31.2 Å². The number of aromatic nitrogens is 1. The predicted octanol–water partition coefficient (Wildman–Crippen LogP) is 3.14. The molecule has 1 aromatic heterocycles. The lowest BCUT2D eigenvalue weighted by Crippen LogP contribution is -2.54. The van der Waals surface area contributed by atoms with E-state index in [-0.39, 0.29) is 29.9 Å². The lowest BCUT2D eigenvalue weighted by Gasteiger charge is -2.36. The Morgan fingerprint density at radius 2 is 2.07 bits per heavy atom. The summed E-state index contributed by atoms with van der Waals surface area (Å²) < 4.78 is 0. The molecule has 1 saturated heterocycles. The second kappa shape index (κ2) is 10.2. The maximum Gasteiger partial charge on any atom is 0.242 e. The minimum absolute atomic E-state index is 0. The number of thiazole rings is 1. The van der Waals surface area contributed by atoms with Gasteiger partial charge in [-0.3, -0.25) is 9.79 Å². The molecule has 0 aliphatic carbocycles. The summed E-state index contributed by atoms with van der Waals surface area (Å²) >= 11 is 7.54. The first-order valence-electron chi connectivity index (χ1n) is 8.43. The lowest BCUT2D eigenvalue weighted by molar-refractivity contribution is -0.135. The van der Waals surface area contributed by atoms with Crippen LogP contribution in [-0.4, -0.2) is 53.3 Å². The molecule has 1 amide bonds. The number of guanidine groups is 1. The molecule has 3 rings (SSSR count). The molecule has 0 spiro atoms. The molecule has 1 fully saturated rings. The van der Waals surface area contributed by atoms with Gasteiger partial charge >= 0.3 is 0 Å². The fourth-order valence-corrected chi connectivity index (χ4v) is 3.70. The molecule has 146 valence electrons. The molecule has 0 unspecified atom stereocenters. The number of nitrogens with zero attached hydrogens (tertiary/aromatic N) is 4. The van der Waals surface area contributed by atoms with Crippen molar-refractivity contribution in [3.8, 4) is 0 Å². The number of hydrogen-bond acceptors (Lipinski definition) is 4. The lowest BCUT2D eigenvalue weighted by atomic mass is 10.2. The average Bonchev–Trinajstić information content (AvgIpc) is 3.04. The van der Waals surface area contributed by atoms with Crippen molar-refractivity contribution in [1.29, 1.82) is 0 Å². The number of aliphatic imine (C=N–C) groups is 1. The van der Waals surface area contributed by atoms with Crippen molar-refractivity contribution in [3.05, 3.63) is 50.9 Å². The van der Waals surface area contributed by atoms with Crippen LogP contribution in [0.2, 0.25) is 5.02 Å². The van der Waals surface area contributed by atoms with E-state index in [0.717, 1.165) is 23.8 Å². The Labute approximate surface area is 185 Å². The first-order valence-corrected chi connectivity index (χ1v) is 9.69. The van der Waals surface area contributed by atoms with E-state index in [1.807, 2.05) is 46.5 Å². The van der Waals surface area contributed by atoms with Crippen LogP contribution >= 0.6 is 46.9 Å². The number of piperazine rings is 1. The highest BCUT2D eigenvalue weighted by molar-refractivity contribution is 14.0. The number of nitrogens with one attached hydrogen (secondary N) is 1. The van der Waals surface area contributed by atoms with E-state index in [1.165, 1.54) is 4.88 Å². The second-order valence-electron chi connectivity index (χ2n) is 6.13. The molecule has 1 aliphatic rings. The van der Waals surface area contributed by atoms with E-state index < -0.39 is 0 Å². The average molecular weight is 520 g/mol. The summed E-state index contributed by atoms with van der Waals surface area (Å²) in [4.78, 5) is 26.2. The number of halogens is 2. The predicted molar refractivity (Wildman–Crippen MR) is 121 cm³/mol. The zero-order chi connectivity index (χ0) is 18.5. The van der Waals surface area contributed by atoms with Crippen LogP contribution in [0.5, 0.6) is 0 Å². The first-order chi connectivity index (χ1) is 12.6. The normalized spacial score (nSPS) is 14.9. The molecule has 1 aromatic carbocycles. The van der Waals surface area contributed by atoms with Gasteiger partial charge in [-0.1, -0.05) is 23.7 Å². The van der Waals surface area contributed by atoms with Crippen LogP contribution in [-0.2, 0) is 17.9 Å². The van der Waals surface area contributed by atoms with Gasteiger partial charge in [-0.05, 0) is 24.6 Å². The van der Waals surface area contributed by atoms with Crippen LogP contribution < -0.4 is 5.32 Å². The second-order valence-corrected chi connectivity index (χ2v) is 7.50. The van der Waals surface area contributed by atoms with Crippen molar-refractivity contribution >= 4 is 58.8 Å². The quantitative estimate of drug-likeness (QED) is 0.383. The standard InChI is InChI=1S/C18H22ClN5OS.HI/c1-13-16(26-12-22-13)9-21-18(20-2)24-8-7-23(17(25)11-24)10-14-3-5-15(19)6-4-14;/h3-6,12H,7-11H2,1-2H3,(H,20,21);1H. The molecule has 1 N–H and O–H groups in total. The Hall–Kier alpha value is -1.39. The van der Waals surface area contributed by atoms with Crippen LogP contribution in [0.3, 0.4) is 0 Å². The molecule has 27 heavy (non-hydrogen) atoms. The summed E-state index contributed by atoms with van der Waals surface area (Å²) in [5.41, 5.74) is 3.95. The SMILES string of the molecule is CN=C(NCc1scnc1C)N1CCN(Cc2ccc(Cl)cc2)C(=O)C1.I. The van der Waals surface area contributed by atoms with Gasteiger partial charge in [0.15, 0.2) is 5.96 Å². The van der Waals surface area contributed by atoms with Crippen molar-refractivity contribution in [1.82, 2.24) is 20.1 Å². The summed E-state index contributed by atoms with van der Waals surface area (Å²) in [6.45, 7) is 5.02. The molecule has 2 heterocycles. The smallest absolute Gasteiger partial charge is 0.242 e. The summed E-state index contributed by atoms with van der Waals surface area (Å²) in [5, 5.41) is 4.04. The van der Waals surface area contributed by atoms with Crippen molar-refractivity contribution in [2.75, 3.05) is 26.7 Å². The van der Waals surface area contributed by atoms with Crippen molar-refractivity contribution < 1.29 is 4.79 Å². The van der Waals surface area contributed by atoms with Gasteiger partial charge in [0, 0.05) is 36.6 Å². The van der Waals surface area contributed by atoms with Crippen LogP contribution in [0.1, 0.15) is 16.1 Å². The molecule has 0 saturated carbocycles. The van der Waals surface area contributed by atoms with Crippen molar-refractivity contribution in [3.63, 3.8) is 0 Å². The van der Waals surface area contributed by atoms with Gasteiger partial charge in [0.2, 0.25) is 5.91 Å². The van der Waals surface area contributed by atoms with Gasteiger partial charge in [-0.25, -0.2) is 4.98 Å². The molecule has 9 heteroatoms. The zero-order valence-electron chi connectivity index (χ0n) is 15.3. The van der Waals surface area contributed by atoms with Crippen molar-refractivity contribution in [2.45, 2.75) is 20.0 Å². The molecule has 0 radical (unpaired) electrons. The van der Waals surface area contributed by atoms with Crippen LogP contribution in [0.4, 0.5) is 0 Å². The van der Waals surface area contributed by atoms with Gasteiger partial charge in [0.1, 0.15) is 0 Å². The minimum Gasteiger partial charge on any atom is -0.351 e. The summed E-state index contributed by atoms with van der Waals surface area (Å²) in [6, 6.07) is 7.62. The van der Waals surface area contributed by atoms with Gasteiger partial charge < -0.3 is 15.1 Å². The minimum atomic E-state index is 0. The van der Waals surface area contributed by atoms with E-state index in [9.17, 15) is 4.79 Å². The Kier molecular flexibility index (Phi) is 8.30. The van der Waals surface area contributed by atoms with Gasteiger partial charge in [0.25, 0.3) is 0 Å². The number of benzene rings is 1. The Morgan fingerprint density at radius 3 is 2.67 bits per heavy atom. The van der Waals surface area contributed by atoms with Crippen LogP contribution in [0, 0.1) is 6.92 Å². The molecule has 0 atom stereocenters. The van der Waals surface area contributed by atoms with E-state index in [2.05, 4.69) is 15.3 Å². The monoisotopic (exact) mass is 519 g/mol. The topological polar surface area (TPSA) is 60.8 Å². The fourth-order valence-electron chi connectivity index (χ4n) is 2.85. The molecule has 1 aliphatic heterocycles. The fraction of sp³-hybridized carbons (Fsp3) is 0.389. The summed E-state index contributed by atoms with van der Waals surface area (Å²) in [5.74, 6) is 0.848. The maximum absolute atomic E-state index is 12.6. The Balaban J connectivity index is 0.00000261. The third-order valence-electron chi connectivity index (χ3n) is 4.37. The van der Waals surface area contributed by atoms with E-state index in [4.69, 9.17) is 11.6 Å². The van der Waals surface area contributed by atoms with Crippen LogP contribution in [0.15, 0.2) is 34.8 Å². The molecule has 6 nitrogen and oxygen atoms in total. The highest BCUT2D eigenvalue weighted by Gasteiger charge is 2.26. The highest BCUT2D eigenvalue weighted by Crippen LogP contribution is 2.14. The number of carbonyl (C=O) groups excluding carboxylic acids is 1. The van der Waals surface area contributed by atoms with Crippen molar-refractivity contribution in [2.24, 2.45) is 4.99 Å². The molecular weight excluding hydrogens is 497 g/mol. The summed E-state index contributed by atoms with van der Waals surface area (Å²) in [7, 11) is 1.74. The molecule has 0 bridgehead atoms. The van der Waals surface area contributed by atoms with Gasteiger partial charge in [-0.15, -0.1) is 35.3 Å². The maximum atomic E-state index is 12.6. The zero-order valence-corrected chi connectivity index (χ0v) is 19.2. The van der Waals surface area contributed by atoms with E-state index >= 15 is 0 Å². The third kappa shape index (κ3) is 5.79. The largest absolute Gasteiger partial charge is 0.351 e. The number of amides is 1. The number of hydrogen-bond donors (Lipinski definition) is 1. The third-order valence-corrected chi connectivity index (χ3v) is 5.56. The summed E-state index contributed by atoms with van der Waals surface area (Å²) in [6.07, 6.45) is 0. The molecule has 2 aromatic rings. The highest BCUT2D eigenvalue weighted by atomic mass is 127. The number of carbonyl (C=O) groups is 1. The number of rotatable bonds is 4. The van der Waals surface area contributed by atoms with Gasteiger partial charge in [-0.2, -0.15) is 0 Å². The number of aryl methyl sites for hydroxylation is 1. The first kappa shape index (κ1) is 21.9. The van der Waals surface area contributed by atoms with Gasteiger partial charge in [0.05, 0.1) is 24.3 Å². The van der Waals surface area contributed by atoms with E-state index in [1.54, 1.807) is 18.4 Å². The Morgan fingerprint density at radius 1 is 1.33 bits per heavy atom. The Bertz CT molecular complexity index is 795. The molecular formula is C18H23ClIN5OS.